The van der Waals surface area contributed by atoms with E-state index in [1.807, 2.05) is 12.1 Å². The number of hydrogen-bond donors (Lipinski definition) is 2. The molecule has 8 nitrogen and oxygen atoms in total. The van der Waals surface area contributed by atoms with Crippen LogP contribution in [0.15, 0.2) is 46.3 Å². The number of thioether (sulfide) groups is 1. The number of aryl methyl sites for hydroxylation is 1. The number of carboxylic acid groups (broad SMARTS) is 1. The lowest BCUT2D eigenvalue weighted by atomic mass is 10.2. The van der Waals surface area contributed by atoms with Gasteiger partial charge in [-0.25, -0.2) is 14.8 Å². The summed E-state index contributed by atoms with van der Waals surface area (Å²) in [5.74, 6) is 0.844. The number of piperazine rings is 1. The minimum Gasteiger partial charge on any atom is -0.477 e. The lowest BCUT2D eigenvalue weighted by molar-refractivity contribution is 0.0701. The van der Waals surface area contributed by atoms with Gasteiger partial charge in [0, 0.05) is 37.3 Å². The minimum absolute atomic E-state index is 0.174. The molecular formula is C24H25N5O3S2. The van der Waals surface area contributed by atoms with Crippen molar-refractivity contribution in [3.8, 4) is 0 Å². The lowest BCUT2D eigenvalue weighted by Gasteiger charge is -2.35. The lowest BCUT2D eigenvalue weighted by Crippen LogP contribution is -2.47. The van der Waals surface area contributed by atoms with Crippen molar-refractivity contribution in [3.63, 3.8) is 0 Å². The van der Waals surface area contributed by atoms with Crippen LogP contribution in [0, 0.1) is 6.92 Å². The van der Waals surface area contributed by atoms with E-state index in [0.717, 1.165) is 73.0 Å². The highest BCUT2D eigenvalue weighted by Gasteiger charge is 2.20. The number of para-hydroxylation sites is 1. The van der Waals surface area contributed by atoms with Gasteiger partial charge < -0.3 is 15.0 Å². The van der Waals surface area contributed by atoms with Gasteiger partial charge in [-0.15, -0.1) is 11.3 Å². The highest BCUT2D eigenvalue weighted by molar-refractivity contribution is 7.99. The van der Waals surface area contributed by atoms with Crippen molar-refractivity contribution in [2.75, 3.05) is 43.4 Å². The highest BCUT2D eigenvalue weighted by Crippen LogP contribution is 2.28. The fourth-order valence-electron chi connectivity index (χ4n) is 4.29. The van der Waals surface area contributed by atoms with Crippen molar-refractivity contribution in [1.82, 2.24) is 19.9 Å². The molecule has 0 spiro atoms. The summed E-state index contributed by atoms with van der Waals surface area (Å²) >= 11 is 2.56. The summed E-state index contributed by atoms with van der Waals surface area (Å²) in [6.07, 6.45) is 0.977. The number of H-pyrrole nitrogens is 1. The number of thiophene rings is 1. The number of carbonyl (C=O) groups is 1. The Morgan fingerprint density at radius 2 is 1.94 bits per heavy atom. The Bertz CT molecular complexity index is 1410. The summed E-state index contributed by atoms with van der Waals surface area (Å²) in [4.78, 5) is 41.4. The molecule has 0 unspecified atom stereocenters. The largest absolute Gasteiger partial charge is 0.477 e. The second-order valence-electron chi connectivity index (χ2n) is 8.31. The highest BCUT2D eigenvalue weighted by atomic mass is 32.2. The van der Waals surface area contributed by atoms with E-state index in [-0.39, 0.29) is 10.4 Å². The molecule has 4 aromatic rings. The summed E-state index contributed by atoms with van der Waals surface area (Å²) in [5.41, 5.74) is 1.24. The number of anilines is 1. The first-order valence-electron chi connectivity index (χ1n) is 11.2. The molecule has 3 aromatic heterocycles. The van der Waals surface area contributed by atoms with Gasteiger partial charge in [-0.1, -0.05) is 30.0 Å². The van der Waals surface area contributed by atoms with Crippen LogP contribution in [0.1, 0.15) is 21.7 Å². The molecule has 1 saturated heterocycles. The second kappa shape index (κ2) is 9.73. The monoisotopic (exact) mass is 495 g/mol. The molecule has 5 rings (SSSR count). The van der Waals surface area contributed by atoms with E-state index < -0.39 is 5.97 Å². The maximum Gasteiger partial charge on any atom is 0.346 e. The van der Waals surface area contributed by atoms with Crippen LogP contribution in [0.4, 0.5) is 5.82 Å². The van der Waals surface area contributed by atoms with E-state index in [4.69, 9.17) is 4.98 Å². The van der Waals surface area contributed by atoms with Gasteiger partial charge in [0.25, 0.3) is 5.56 Å². The van der Waals surface area contributed by atoms with Gasteiger partial charge in [0.1, 0.15) is 15.5 Å². The van der Waals surface area contributed by atoms with Crippen LogP contribution in [-0.4, -0.2) is 69.4 Å². The Balaban J connectivity index is 1.12. The maximum absolute atomic E-state index is 12.4. The van der Waals surface area contributed by atoms with Gasteiger partial charge in [-0.3, -0.25) is 9.69 Å². The molecule has 176 valence electrons. The zero-order valence-corrected chi connectivity index (χ0v) is 20.4. The Labute approximate surface area is 204 Å². The number of rotatable bonds is 7. The van der Waals surface area contributed by atoms with Crippen LogP contribution < -0.4 is 10.5 Å². The third-order valence-electron chi connectivity index (χ3n) is 6.11. The Kier molecular flexibility index (Phi) is 6.53. The van der Waals surface area contributed by atoms with Crippen LogP contribution in [0.3, 0.4) is 0 Å². The predicted molar refractivity (Wildman–Crippen MR) is 138 cm³/mol. The third-order valence-corrected chi connectivity index (χ3v) is 8.24. The number of aromatic carboxylic acids is 1. The fourth-order valence-corrected chi connectivity index (χ4v) is 6.15. The molecule has 1 aliphatic heterocycles. The number of pyridine rings is 1. The van der Waals surface area contributed by atoms with Crippen molar-refractivity contribution in [3.05, 3.63) is 57.2 Å². The van der Waals surface area contributed by atoms with Gasteiger partial charge in [-0.2, -0.15) is 0 Å². The fraction of sp³-hybridized carbons (Fsp3) is 0.333. The first kappa shape index (κ1) is 22.8. The van der Waals surface area contributed by atoms with Gasteiger partial charge >= 0.3 is 5.97 Å². The summed E-state index contributed by atoms with van der Waals surface area (Å²) < 4.78 is 0. The molecular weight excluding hydrogens is 470 g/mol. The number of nitrogens with zero attached hydrogens (tertiary/aromatic N) is 4. The number of fused-ring (bicyclic) bond motifs is 2. The molecule has 4 heterocycles. The van der Waals surface area contributed by atoms with Gasteiger partial charge in [0.05, 0.1) is 10.9 Å². The summed E-state index contributed by atoms with van der Waals surface area (Å²) in [6.45, 7) is 6.53. The van der Waals surface area contributed by atoms with Gasteiger partial charge in [0.15, 0.2) is 5.16 Å². The Morgan fingerprint density at radius 3 is 2.74 bits per heavy atom. The van der Waals surface area contributed by atoms with Gasteiger partial charge in [0.2, 0.25) is 0 Å². The zero-order valence-electron chi connectivity index (χ0n) is 18.8. The van der Waals surface area contributed by atoms with E-state index >= 15 is 0 Å². The van der Waals surface area contributed by atoms with E-state index in [1.165, 1.54) is 11.8 Å². The molecule has 0 radical (unpaired) electrons. The van der Waals surface area contributed by atoms with Crippen LogP contribution in [-0.2, 0) is 0 Å². The predicted octanol–water partition coefficient (Wildman–Crippen LogP) is 3.84. The molecule has 1 fully saturated rings. The molecule has 34 heavy (non-hydrogen) atoms. The summed E-state index contributed by atoms with van der Waals surface area (Å²) in [5, 5.41) is 11.4. The number of aromatic nitrogens is 3. The molecule has 2 N–H and O–H groups in total. The van der Waals surface area contributed by atoms with Crippen LogP contribution in [0.5, 0.6) is 0 Å². The average molecular weight is 496 g/mol. The Morgan fingerprint density at radius 1 is 1.15 bits per heavy atom. The summed E-state index contributed by atoms with van der Waals surface area (Å²) in [6, 6.07) is 12.4. The molecule has 1 aromatic carbocycles. The van der Waals surface area contributed by atoms with E-state index in [9.17, 15) is 14.7 Å². The quantitative estimate of drug-likeness (QED) is 0.227. The molecule has 0 bridgehead atoms. The van der Waals surface area contributed by atoms with Crippen LogP contribution >= 0.6 is 23.1 Å². The van der Waals surface area contributed by atoms with Gasteiger partial charge in [-0.05, 0) is 43.7 Å². The van der Waals surface area contributed by atoms with E-state index in [0.29, 0.717) is 20.9 Å². The SMILES string of the molecule is Cc1c(C(=O)O)sc2nc(SCCCN3CCN(c4ccc5ccccc5n4)CC3)[nH]c(=O)c12. The number of benzene rings is 1. The zero-order chi connectivity index (χ0) is 23.7. The van der Waals surface area contributed by atoms with Crippen molar-refractivity contribution >= 4 is 56.0 Å². The molecule has 1 aliphatic rings. The molecule has 0 amide bonds. The van der Waals surface area contributed by atoms with Crippen LogP contribution in [0.2, 0.25) is 0 Å². The van der Waals surface area contributed by atoms with Crippen molar-refractivity contribution < 1.29 is 9.90 Å². The number of hydrogen-bond acceptors (Lipinski definition) is 8. The van der Waals surface area contributed by atoms with E-state index in [1.54, 1.807) is 6.92 Å². The van der Waals surface area contributed by atoms with Crippen molar-refractivity contribution in [2.45, 2.75) is 18.5 Å². The maximum atomic E-state index is 12.4. The van der Waals surface area contributed by atoms with Crippen molar-refractivity contribution in [2.24, 2.45) is 0 Å². The second-order valence-corrected chi connectivity index (χ2v) is 10.4. The molecule has 0 saturated carbocycles. The standard InChI is InChI=1S/C24H25N5O3S2/c1-15-19-21(30)26-24(27-22(19)34-20(15)23(31)32)33-14-4-9-28-10-12-29(13-11-28)18-8-7-16-5-2-3-6-17(16)25-18/h2-3,5-8H,4,9-14H2,1H3,(H,31,32)(H,26,27,30). The average Bonchev–Trinajstić information content (AvgIpc) is 3.19. The topological polar surface area (TPSA) is 102 Å². The third kappa shape index (κ3) is 4.66. The summed E-state index contributed by atoms with van der Waals surface area (Å²) in [7, 11) is 0. The normalized spacial score (nSPS) is 14.8. The number of nitrogens with one attached hydrogen (secondary N) is 1. The first-order chi connectivity index (χ1) is 16.5. The van der Waals surface area contributed by atoms with Crippen molar-refractivity contribution in [1.29, 1.82) is 0 Å². The smallest absolute Gasteiger partial charge is 0.346 e. The molecule has 0 atom stereocenters. The number of carboxylic acids is 1. The number of aromatic amines is 1. The molecule has 10 heteroatoms. The molecule has 0 aliphatic carbocycles. The minimum atomic E-state index is -1.02. The Hall–Kier alpha value is -2.95. The van der Waals surface area contributed by atoms with E-state index in [2.05, 4.69) is 44.0 Å². The van der Waals surface area contributed by atoms with Crippen LogP contribution in [0.25, 0.3) is 21.1 Å². The first-order valence-corrected chi connectivity index (χ1v) is 13.0.